The second kappa shape index (κ2) is 9.97. The molecule has 180 valence electrons. The van der Waals surface area contributed by atoms with Crippen molar-refractivity contribution in [2.24, 2.45) is 0 Å². The van der Waals surface area contributed by atoms with Gasteiger partial charge in [0.25, 0.3) is 0 Å². The highest BCUT2D eigenvalue weighted by atomic mass is 19.1. The van der Waals surface area contributed by atoms with E-state index in [1.807, 2.05) is 28.9 Å². The molecule has 5 rings (SSSR count). The normalized spacial score (nSPS) is 18.3. The minimum absolute atomic E-state index is 0.146. The molecule has 0 N–H and O–H groups in total. The maximum absolute atomic E-state index is 13.4. The lowest BCUT2D eigenvalue weighted by atomic mass is 10.0. The third kappa shape index (κ3) is 4.44. The van der Waals surface area contributed by atoms with Crippen LogP contribution in [-0.2, 0) is 0 Å². The molecule has 2 heterocycles. The van der Waals surface area contributed by atoms with Gasteiger partial charge in [0.1, 0.15) is 23.4 Å². The Balaban J connectivity index is 1.47. The van der Waals surface area contributed by atoms with Gasteiger partial charge in [0, 0.05) is 43.5 Å². The lowest BCUT2D eigenvalue weighted by Crippen LogP contribution is -2.48. The van der Waals surface area contributed by atoms with E-state index in [1.54, 1.807) is 14.2 Å². The first-order valence-corrected chi connectivity index (χ1v) is 11.9. The van der Waals surface area contributed by atoms with E-state index in [0.717, 1.165) is 67.6 Å². The zero-order valence-corrected chi connectivity index (χ0v) is 19.7. The van der Waals surface area contributed by atoms with Gasteiger partial charge in [0.05, 0.1) is 20.3 Å². The van der Waals surface area contributed by atoms with E-state index < -0.39 is 0 Å². The number of hydrogen-bond donors (Lipinski definition) is 0. The third-order valence-electron chi connectivity index (χ3n) is 7.04. The molecular formula is C25H31FN6O2. The number of methoxy groups -OCH3 is 2. The summed E-state index contributed by atoms with van der Waals surface area (Å²) in [4.78, 5) is 4.71. The van der Waals surface area contributed by atoms with Crippen molar-refractivity contribution in [2.45, 2.75) is 37.8 Å². The Hall–Kier alpha value is -3.20. The van der Waals surface area contributed by atoms with Crippen LogP contribution in [0.15, 0.2) is 42.5 Å². The van der Waals surface area contributed by atoms with Gasteiger partial charge in [0.2, 0.25) is 0 Å². The lowest BCUT2D eigenvalue weighted by Gasteiger charge is -2.40. The Morgan fingerprint density at radius 3 is 2.35 bits per heavy atom. The molecule has 2 fully saturated rings. The number of anilines is 1. The van der Waals surface area contributed by atoms with Gasteiger partial charge in [-0.3, -0.25) is 4.90 Å². The summed E-state index contributed by atoms with van der Waals surface area (Å²) < 4.78 is 26.7. The van der Waals surface area contributed by atoms with Gasteiger partial charge >= 0.3 is 0 Å². The molecule has 0 spiro atoms. The van der Waals surface area contributed by atoms with Crippen LogP contribution in [0.25, 0.3) is 0 Å². The smallest absolute Gasteiger partial charge is 0.173 e. The maximum atomic E-state index is 13.4. The summed E-state index contributed by atoms with van der Waals surface area (Å²) in [7, 11) is 3.34. The van der Waals surface area contributed by atoms with Gasteiger partial charge < -0.3 is 14.4 Å². The summed E-state index contributed by atoms with van der Waals surface area (Å²) in [6, 6.07) is 12.8. The van der Waals surface area contributed by atoms with Gasteiger partial charge in [-0.15, -0.1) is 5.10 Å². The number of tetrazole rings is 1. The molecule has 1 aliphatic heterocycles. The molecule has 0 amide bonds. The van der Waals surface area contributed by atoms with Crippen molar-refractivity contribution >= 4 is 5.69 Å². The first kappa shape index (κ1) is 22.6. The van der Waals surface area contributed by atoms with E-state index in [1.165, 1.54) is 25.0 Å². The monoisotopic (exact) mass is 466 g/mol. The zero-order valence-electron chi connectivity index (χ0n) is 19.7. The van der Waals surface area contributed by atoms with Crippen LogP contribution < -0.4 is 14.4 Å². The first-order chi connectivity index (χ1) is 16.7. The average Bonchev–Trinajstić information content (AvgIpc) is 3.58. The van der Waals surface area contributed by atoms with E-state index in [2.05, 4.69) is 31.4 Å². The Labute approximate surface area is 199 Å². The summed E-state index contributed by atoms with van der Waals surface area (Å²) in [5.41, 5.74) is 2.06. The predicted molar refractivity (Wildman–Crippen MR) is 127 cm³/mol. The molecular weight excluding hydrogens is 435 g/mol. The molecule has 1 aromatic heterocycles. The first-order valence-electron chi connectivity index (χ1n) is 11.9. The molecule has 1 saturated carbocycles. The van der Waals surface area contributed by atoms with Crippen LogP contribution in [0, 0.1) is 5.82 Å². The van der Waals surface area contributed by atoms with Crippen molar-refractivity contribution in [2.75, 3.05) is 45.3 Å². The zero-order chi connectivity index (χ0) is 23.5. The fourth-order valence-corrected chi connectivity index (χ4v) is 5.22. The molecule has 8 nitrogen and oxygen atoms in total. The van der Waals surface area contributed by atoms with Gasteiger partial charge in [-0.1, -0.05) is 12.8 Å². The van der Waals surface area contributed by atoms with E-state index in [4.69, 9.17) is 9.47 Å². The van der Waals surface area contributed by atoms with Crippen LogP contribution in [0.5, 0.6) is 11.5 Å². The number of halogens is 1. The van der Waals surface area contributed by atoms with E-state index >= 15 is 0 Å². The highest BCUT2D eigenvalue weighted by Gasteiger charge is 2.34. The molecule has 34 heavy (non-hydrogen) atoms. The van der Waals surface area contributed by atoms with Crippen molar-refractivity contribution in [1.82, 2.24) is 25.1 Å². The van der Waals surface area contributed by atoms with Gasteiger partial charge in [0.15, 0.2) is 5.82 Å². The summed E-state index contributed by atoms with van der Waals surface area (Å²) >= 11 is 0. The predicted octanol–water partition coefficient (Wildman–Crippen LogP) is 3.86. The standard InChI is InChI=1S/C25H31FN6O2/c1-33-21-11-12-22(23(17-21)34-2)24(25-27-28-29-32(25)20-5-3-4-6-20)31-15-13-30(14-16-31)19-9-7-18(26)8-10-19/h7-12,17,20,24H,3-6,13-16H2,1-2H3/t24-/m0/s1. The van der Waals surface area contributed by atoms with Crippen molar-refractivity contribution in [3.63, 3.8) is 0 Å². The maximum Gasteiger partial charge on any atom is 0.173 e. The minimum Gasteiger partial charge on any atom is -0.497 e. The van der Waals surface area contributed by atoms with Gasteiger partial charge in [-0.2, -0.15) is 0 Å². The summed E-state index contributed by atoms with van der Waals surface area (Å²) in [6.45, 7) is 3.28. The minimum atomic E-state index is -0.215. The molecule has 9 heteroatoms. The number of rotatable bonds is 7. The largest absolute Gasteiger partial charge is 0.497 e. The summed E-state index contributed by atoms with van der Waals surface area (Å²) in [6.07, 6.45) is 4.61. The quantitative estimate of drug-likeness (QED) is 0.524. The number of benzene rings is 2. The van der Waals surface area contributed by atoms with Crippen LogP contribution in [0.4, 0.5) is 10.1 Å². The van der Waals surface area contributed by atoms with Gasteiger partial charge in [-0.25, -0.2) is 9.07 Å². The fraction of sp³-hybridized carbons (Fsp3) is 0.480. The third-order valence-corrected chi connectivity index (χ3v) is 7.04. The average molecular weight is 467 g/mol. The van der Waals surface area contributed by atoms with Crippen molar-refractivity contribution in [3.8, 4) is 11.5 Å². The molecule has 2 aliphatic rings. The molecule has 1 saturated heterocycles. The Kier molecular flexibility index (Phi) is 6.62. The van der Waals surface area contributed by atoms with Crippen LogP contribution in [0.3, 0.4) is 0 Å². The Bertz CT molecular complexity index is 1090. The molecule has 1 aliphatic carbocycles. The highest BCUT2D eigenvalue weighted by Crippen LogP contribution is 2.39. The highest BCUT2D eigenvalue weighted by molar-refractivity contribution is 5.47. The molecule has 0 radical (unpaired) electrons. The van der Waals surface area contributed by atoms with Crippen LogP contribution in [0.1, 0.15) is 49.2 Å². The Morgan fingerprint density at radius 1 is 0.941 bits per heavy atom. The van der Waals surface area contributed by atoms with Crippen LogP contribution >= 0.6 is 0 Å². The number of ether oxygens (including phenoxy) is 2. The Morgan fingerprint density at radius 2 is 1.68 bits per heavy atom. The summed E-state index contributed by atoms with van der Waals surface area (Å²) in [5, 5.41) is 13.0. The van der Waals surface area contributed by atoms with E-state index in [0.29, 0.717) is 6.04 Å². The van der Waals surface area contributed by atoms with E-state index in [9.17, 15) is 4.39 Å². The fourth-order valence-electron chi connectivity index (χ4n) is 5.22. The van der Waals surface area contributed by atoms with E-state index in [-0.39, 0.29) is 11.9 Å². The molecule has 2 aromatic carbocycles. The number of nitrogens with zero attached hydrogens (tertiary/aromatic N) is 6. The SMILES string of the molecule is COc1ccc([C@@H](c2nnnn2C2CCCC2)N2CCN(c3ccc(F)cc3)CC2)c(OC)c1. The van der Waals surface area contributed by atoms with Crippen molar-refractivity contribution in [3.05, 3.63) is 59.7 Å². The molecule has 0 bridgehead atoms. The number of piperazine rings is 1. The van der Waals surface area contributed by atoms with Crippen molar-refractivity contribution in [1.29, 1.82) is 0 Å². The topological polar surface area (TPSA) is 68.5 Å². The number of aromatic nitrogens is 4. The second-order valence-electron chi connectivity index (χ2n) is 8.93. The molecule has 3 aromatic rings. The lowest BCUT2D eigenvalue weighted by molar-refractivity contribution is 0.194. The molecule has 0 unspecified atom stereocenters. The van der Waals surface area contributed by atoms with Crippen molar-refractivity contribution < 1.29 is 13.9 Å². The van der Waals surface area contributed by atoms with Crippen LogP contribution in [0.2, 0.25) is 0 Å². The number of hydrogen-bond acceptors (Lipinski definition) is 7. The molecule has 1 atom stereocenters. The van der Waals surface area contributed by atoms with Crippen LogP contribution in [-0.4, -0.2) is 65.5 Å². The summed E-state index contributed by atoms with van der Waals surface area (Å²) in [5.74, 6) is 2.14. The van der Waals surface area contributed by atoms with Gasteiger partial charge in [-0.05, 0) is 59.7 Å². The second-order valence-corrected chi connectivity index (χ2v) is 8.93.